The summed E-state index contributed by atoms with van der Waals surface area (Å²) in [5.41, 5.74) is 3.16. The van der Waals surface area contributed by atoms with Gasteiger partial charge in [0.1, 0.15) is 11.8 Å². The molecule has 0 saturated heterocycles. The Morgan fingerprint density at radius 2 is 1.91 bits per heavy atom. The van der Waals surface area contributed by atoms with E-state index in [1.165, 1.54) is 6.21 Å². The van der Waals surface area contributed by atoms with Crippen molar-refractivity contribution < 1.29 is 9.53 Å². The highest BCUT2D eigenvalue weighted by atomic mass is 35.5. The van der Waals surface area contributed by atoms with Gasteiger partial charge >= 0.3 is 0 Å². The molecule has 0 bridgehead atoms. The molecule has 0 aliphatic rings. The molecule has 0 aliphatic carbocycles. The van der Waals surface area contributed by atoms with E-state index in [1.54, 1.807) is 42.5 Å². The lowest BCUT2D eigenvalue weighted by Crippen LogP contribution is -2.24. The van der Waals surface area contributed by atoms with Gasteiger partial charge in [0.2, 0.25) is 0 Å². The van der Waals surface area contributed by atoms with Crippen LogP contribution in [0.25, 0.3) is 0 Å². The van der Waals surface area contributed by atoms with Gasteiger partial charge in [0.25, 0.3) is 5.91 Å². The maximum atomic E-state index is 11.7. The van der Waals surface area contributed by atoms with Gasteiger partial charge in [-0.25, -0.2) is 5.43 Å². The van der Waals surface area contributed by atoms with Crippen LogP contribution in [0.3, 0.4) is 0 Å². The Hall–Kier alpha value is -2.55. The van der Waals surface area contributed by atoms with Gasteiger partial charge in [0.15, 0.2) is 6.61 Å². The molecule has 0 heterocycles. The fourth-order valence-corrected chi connectivity index (χ4v) is 2.16. The molecule has 2 aromatic carbocycles. The van der Waals surface area contributed by atoms with E-state index in [2.05, 4.69) is 10.5 Å². The number of hydrazone groups is 1. The predicted octanol–water partition coefficient (Wildman–Crippen LogP) is 3.39. The van der Waals surface area contributed by atoms with Crippen molar-refractivity contribution in [2.24, 2.45) is 5.10 Å². The minimum absolute atomic E-state index is 0.272. The fourth-order valence-electron chi connectivity index (χ4n) is 1.66. The van der Waals surface area contributed by atoms with Crippen molar-refractivity contribution in [2.75, 3.05) is 6.61 Å². The van der Waals surface area contributed by atoms with Crippen LogP contribution < -0.4 is 10.2 Å². The van der Waals surface area contributed by atoms with Gasteiger partial charge in [-0.1, -0.05) is 41.4 Å². The number of amides is 1. The normalized spacial score (nSPS) is 10.3. The zero-order valence-corrected chi connectivity index (χ0v) is 13.3. The maximum absolute atomic E-state index is 11.7. The second-order valence-electron chi connectivity index (χ2n) is 4.33. The second-order valence-corrected chi connectivity index (χ2v) is 5.14. The molecule has 5 nitrogen and oxygen atoms in total. The van der Waals surface area contributed by atoms with Crippen molar-refractivity contribution in [3.05, 3.63) is 63.6 Å². The van der Waals surface area contributed by atoms with E-state index in [1.807, 2.05) is 6.07 Å². The Morgan fingerprint density at radius 3 is 2.61 bits per heavy atom. The molecule has 0 saturated carbocycles. The summed E-state index contributed by atoms with van der Waals surface area (Å²) in [5.74, 6) is -0.138. The van der Waals surface area contributed by atoms with Crippen LogP contribution in [0.1, 0.15) is 11.1 Å². The topological polar surface area (TPSA) is 74.5 Å². The molecule has 0 radical (unpaired) electrons. The largest absolute Gasteiger partial charge is 0.482 e. The minimum atomic E-state index is -0.475. The maximum Gasteiger partial charge on any atom is 0.277 e. The van der Waals surface area contributed by atoms with Crippen molar-refractivity contribution in [1.29, 1.82) is 5.26 Å². The SMILES string of the molecule is N#Cc1ccccc1OCC(=O)N/N=C\c1c(Cl)cccc1Cl. The van der Waals surface area contributed by atoms with Crippen LogP contribution >= 0.6 is 23.2 Å². The van der Waals surface area contributed by atoms with Gasteiger partial charge in [-0.15, -0.1) is 0 Å². The summed E-state index contributed by atoms with van der Waals surface area (Å²) in [7, 11) is 0. The van der Waals surface area contributed by atoms with Crippen LogP contribution in [-0.4, -0.2) is 18.7 Å². The lowest BCUT2D eigenvalue weighted by atomic mass is 10.2. The molecule has 0 aliphatic heterocycles. The molecule has 1 amide bonds. The van der Waals surface area contributed by atoms with E-state index in [9.17, 15) is 4.79 Å². The van der Waals surface area contributed by atoms with Crippen LogP contribution in [0.5, 0.6) is 5.75 Å². The molecular weight excluding hydrogens is 337 g/mol. The molecular formula is C16H11Cl2N3O2. The summed E-state index contributed by atoms with van der Waals surface area (Å²) in [5, 5.41) is 13.6. The van der Waals surface area contributed by atoms with Gasteiger partial charge in [0, 0.05) is 5.56 Å². The Labute approximate surface area is 143 Å². The average molecular weight is 348 g/mol. The quantitative estimate of drug-likeness (QED) is 0.665. The number of halogens is 2. The molecule has 23 heavy (non-hydrogen) atoms. The number of nitrogens with one attached hydrogen (secondary N) is 1. The molecule has 2 aromatic rings. The highest BCUT2D eigenvalue weighted by molar-refractivity contribution is 6.38. The Kier molecular flexibility index (Phi) is 5.98. The predicted molar refractivity (Wildman–Crippen MR) is 88.9 cm³/mol. The molecule has 0 unspecified atom stereocenters. The first-order valence-corrected chi connectivity index (χ1v) is 7.25. The van der Waals surface area contributed by atoms with E-state index in [-0.39, 0.29) is 6.61 Å². The average Bonchev–Trinajstić information content (AvgIpc) is 2.56. The summed E-state index contributed by atoms with van der Waals surface area (Å²) in [6.45, 7) is -0.272. The van der Waals surface area contributed by atoms with Gasteiger partial charge < -0.3 is 4.74 Å². The third kappa shape index (κ3) is 4.71. The molecule has 1 N–H and O–H groups in total. The molecule has 0 atom stereocenters. The molecule has 116 valence electrons. The zero-order valence-electron chi connectivity index (χ0n) is 11.8. The summed E-state index contributed by atoms with van der Waals surface area (Å²) >= 11 is 12.0. The fraction of sp³-hybridized carbons (Fsp3) is 0.0625. The van der Waals surface area contributed by atoms with Crippen LogP contribution in [0.2, 0.25) is 10.0 Å². The van der Waals surface area contributed by atoms with E-state index in [0.29, 0.717) is 26.9 Å². The Bertz CT molecular complexity index is 765. The van der Waals surface area contributed by atoms with Crippen molar-refractivity contribution in [3.8, 4) is 11.8 Å². The van der Waals surface area contributed by atoms with E-state index in [4.69, 9.17) is 33.2 Å². The van der Waals surface area contributed by atoms with Gasteiger partial charge in [-0.2, -0.15) is 10.4 Å². The molecule has 0 aromatic heterocycles. The lowest BCUT2D eigenvalue weighted by molar-refractivity contribution is -0.123. The number of nitrogens with zero attached hydrogens (tertiary/aromatic N) is 2. The molecule has 0 spiro atoms. The summed E-state index contributed by atoms with van der Waals surface area (Å²) in [6, 6.07) is 13.7. The van der Waals surface area contributed by atoms with Crippen LogP contribution in [0, 0.1) is 11.3 Å². The third-order valence-corrected chi connectivity index (χ3v) is 3.41. The summed E-state index contributed by atoms with van der Waals surface area (Å²) in [6.07, 6.45) is 1.35. The molecule has 2 rings (SSSR count). The van der Waals surface area contributed by atoms with Crippen LogP contribution in [0.15, 0.2) is 47.6 Å². The number of para-hydroxylation sites is 1. The number of hydrogen-bond acceptors (Lipinski definition) is 4. The first kappa shape index (κ1) is 16.8. The van der Waals surface area contributed by atoms with E-state index < -0.39 is 5.91 Å². The van der Waals surface area contributed by atoms with Gasteiger partial charge in [-0.3, -0.25) is 4.79 Å². The van der Waals surface area contributed by atoms with E-state index in [0.717, 1.165) is 0 Å². The molecule has 0 fully saturated rings. The summed E-state index contributed by atoms with van der Waals surface area (Å²) < 4.78 is 5.28. The number of carbonyl (C=O) groups excluding carboxylic acids is 1. The van der Waals surface area contributed by atoms with Crippen molar-refractivity contribution >= 4 is 35.3 Å². The van der Waals surface area contributed by atoms with Crippen molar-refractivity contribution in [1.82, 2.24) is 5.43 Å². The number of carbonyl (C=O) groups is 1. The second kappa shape index (κ2) is 8.18. The number of hydrogen-bond donors (Lipinski definition) is 1. The first-order chi connectivity index (χ1) is 11.1. The molecule has 7 heteroatoms. The summed E-state index contributed by atoms with van der Waals surface area (Å²) in [4.78, 5) is 11.7. The van der Waals surface area contributed by atoms with Crippen LogP contribution in [-0.2, 0) is 4.79 Å². The number of benzene rings is 2. The van der Waals surface area contributed by atoms with Gasteiger partial charge in [-0.05, 0) is 24.3 Å². The Balaban J connectivity index is 1.91. The standard InChI is InChI=1S/C16H11Cl2N3O2/c17-13-5-3-6-14(18)12(13)9-20-21-16(22)10-23-15-7-2-1-4-11(15)8-19/h1-7,9H,10H2,(H,21,22)/b20-9-. The minimum Gasteiger partial charge on any atom is -0.482 e. The first-order valence-electron chi connectivity index (χ1n) is 6.49. The Morgan fingerprint density at radius 1 is 1.22 bits per heavy atom. The lowest BCUT2D eigenvalue weighted by Gasteiger charge is -2.06. The van der Waals surface area contributed by atoms with Crippen LogP contribution in [0.4, 0.5) is 0 Å². The smallest absolute Gasteiger partial charge is 0.277 e. The number of nitriles is 1. The zero-order chi connectivity index (χ0) is 16.7. The van der Waals surface area contributed by atoms with E-state index >= 15 is 0 Å². The highest BCUT2D eigenvalue weighted by Crippen LogP contribution is 2.22. The van der Waals surface area contributed by atoms with Gasteiger partial charge in [0.05, 0.1) is 21.8 Å². The number of ether oxygens (including phenoxy) is 1. The van der Waals surface area contributed by atoms with Crippen molar-refractivity contribution in [3.63, 3.8) is 0 Å². The highest BCUT2D eigenvalue weighted by Gasteiger charge is 2.06. The number of rotatable bonds is 5. The third-order valence-electron chi connectivity index (χ3n) is 2.75. The monoisotopic (exact) mass is 347 g/mol. The van der Waals surface area contributed by atoms with Crippen molar-refractivity contribution in [2.45, 2.75) is 0 Å².